The Hall–Kier alpha value is -1.40. The van der Waals surface area contributed by atoms with E-state index in [0.717, 1.165) is 24.8 Å². The molecular weight excluding hydrogens is 278 g/mol. The van der Waals surface area contributed by atoms with Crippen molar-refractivity contribution in [2.45, 2.75) is 37.5 Å². The van der Waals surface area contributed by atoms with Crippen LogP contribution >= 0.6 is 0 Å². The van der Waals surface area contributed by atoms with Crippen molar-refractivity contribution in [2.24, 2.45) is 0 Å². The van der Waals surface area contributed by atoms with Crippen molar-refractivity contribution in [3.63, 3.8) is 0 Å². The van der Waals surface area contributed by atoms with Crippen LogP contribution in [0.25, 0.3) is 0 Å². The molecule has 0 aliphatic heterocycles. The van der Waals surface area contributed by atoms with Gasteiger partial charge in [0, 0.05) is 6.54 Å². The number of sulfonamides is 1. The van der Waals surface area contributed by atoms with Crippen molar-refractivity contribution >= 4 is 16.0 Å². The maximum atomic E-state index is 12.1. The van der Waals surface area contributed by atoms with Crippen LogP contribution in [0.5, 0.6) is 0 Å². The highest BCUT2D eigenvalue weighted by molar-refractivity contribution is 7.89. The maximum Gasteiger partial charge on any atom is 0.307 e. The van der Waals surface area contributed by atoms with Gasteiger partial charge in [0.1, 0.15) is 0 Å². The molecule has 0 bridgehead atoms. The Labute approximate surface area is 119 Å². The third-order valence-electron chi connectivity index (χ3n) is 3.31. The second kappa shape index (κ2) is 6.37. The quantitative estimate of drug-likeness (QED) is 0.806. The fourth-order valence-corrected chi connectivity index (χ4v) is 3.40. The van der Waals surface area contributed by atoms with Crippen LogP contribution in [0.2, 0.25) is 0 Å². The largest absolute Gasteiger partial charge is 0.466 e. The fraction of sp³-hybridized carbons (Fsp3) is 0.500. The summed E-state index contributed by atoms with van der Waals surface area (Å²) in [4.78, 5) is 11.4. The minimum absolute atomic E-state index is 0.0397. The molecule has 0 heterocycles. The van der Waals surface area contributed by atoms with E-state index in [1.54, 1.807) is 19.1 Å². The Kier molecular flexibility index (Phi) is 4.77. The van der Waals surface area contributed by atoms with Crippen LogP contribution in [0.1, 0.15) is 30.9 Å². The molecule has 0 atom stereocenters. The first kappa shape index (κ1) is 15.0. The lowest BCUT2D eigenvalue weighted by molar-refractivity contribution is -0.142. The third-order valence-corrected chi connectivity index (χ3v) is 4.77. The zero-order chi connectivity index (χ0) is 14.6. The number of ether oxygens (including phenoxy) is 1. The molecule has 1 N–H and O–H groups in total. The van der Waals surface area contributed by atoms with Crippen molar-refractivity contribution in [2.75, 3.05) is 13.2 Å². The first-order chi connectivity index (χ1) is 9.53. The molecule has 0 saturated carbocycles. The molecule has 0 saturated heterocycles. The first-order valence-corrected chi connectivity index (χ1v) is 8.28. The Bertz CT molecular complexity index is 595. The van der Waals surface area contributed by atoms with E-state index in [1.807, 2.05) is 6.07 Å². The molecule has 0 aromatic heterocycles. The highest BCUT2D eigenvalue weighted by Crippen LogP contribution is 2.24. The molecule has 0 fully saturated rings. The molecular formula is C14H19NO4S. The van der Waals surface area contributed by atoms with Gasteiger partial charge in [0.05, 0.1) is 17.9 Å². The minimum atomic E-state index is -3.55. The van der Waals surface area contributed by atoms with E-state index in [0.29, 0.717) is 6.61 Å². The second-order valence-electron chi connectivity index (χ2n) is 4.74. The van der Waals surface area contributed by atoms with Gasteiger partial charge in [-0.15, -0.1) is 0 Å². The van der Waals surface area contributed by atoms with Crippen molar-refractivity contribution < 1.29 is 17.9 Å². The first-order valence-electron chi connectivity index (χ1n) is 6.80. The lowest BCUT2D eigenvalue weighted by atomic mass is 10.1. The normalized spacial score (nSPS) is 14.1. The predicted molar refractivity (Wildman–Crippen MR) is 74.9 cm³/mol. The maximum absolute atomic E-state index is 12.1. The highest BCUT2D eigenvalue weighted by atomic mass is 32.2. The molecule has 110 valence electrons. The zero-order valence-electron chi connectivity index (χ0n) is 11.5. The van der Waals surface area contributed by atoms with Gasteiger partial charge >= 0.3 is 5.97 Å². The average molecular weight is 297 g/mol. The molecule has 1 aliphatic carbocycles. The van der Waals surface area contributed by atoms with Crippen molar-refractivity contribution in [1.29, 1.82) is 0 Å². The summed E-state index contributed by atoms with van der Waals surface area (Å²) < 4.78 is 31.4. The molecule has 20 heavy (non-hydrogen) atoms. The average Bonchev–Trinajstić information content (AvgIpc) is 2.86. The Balaban J connectivity index is 1.98. The van der Waals surface area contributed by atoms with Crippen LogP contribution in [0.4, 0.5) is 0 Å². The molecule has 5 nitrogen and oxygen atoms in total. The van der Waals surface area contributed by atoms with Gasteiger partial charge in [-0.05, 0) is 49.4 Å². The lowest BCUT2D eigenvalue weighted by Crippen LogP contribution is -2.26. The van der Waals surface area contributed by atoms with E-state index in [-0.39, 0.29) is 17.9 Å². The summed E-state index contributed by atoms with van der Waals surface area (Å²) in [6.45, 7) is 2.07. The smallest absolute Gasteiger partial charge is 0.307 e. The molecule has 6 heteroatoms. The summed E-state index contributed by atoms with van der Waals surface area (Å²) in [6.07, 6.45) is 3.07. The Morgan fingerprint density at radius 2 is 2.05 bits per heavy atom. The number of rotatable bonds is 6. The second-order valence-corrected chi connectivity index (χ2v) is 6.50. The minimum Gasteiger partial charge on any atom is -0.466 e. The summed E-state index contributed by atoms with van der Waals surface area (Å²) in [5.74, 6) is -0.399. The molecule has 1 aromatic carbocycles. The number of hydrogen-bond acceptors (Lipinski definition) is 4. The van der Waals surface area contributed by atoms with Gasteiger partial charge in [-0.2, -0.15) is 0 Å². The Morgan fingerprint density at radius 1 is 1.30 bits per heavy atom. The summed E-state index contributed by atoms with van der Waals surface area (Å²) in [6, 6.07) is 5.23. The van der Waals surface area contributed by atoms with Crippen LogP contribution in [0.3, 0.4) is 0 Å². The van der Waals surface area contributed by atoms with Gasteiger partial charge in [-0.25, -0.2) is 13.1 Å². The van der Waals surface area contributed by atoms with E-state index < -0.39 is 16.0 Å². The number of carbonyl (C=O) groups is 1. The number of aryl methyl sites for hydroxylation is 2. The van der Waals surface area contributed by atoms with Crippen LogP contribution in [-0.2, 0) is 32.4 Å². The molecule has 0 unspecified atom stereocenters. The third kappa shape index (κ3) is 3.58. The van der Waals surface area contributed by atoms with Gasteiger partial charge < -0.3 is 4.74 Å². The number of carbonyl (C=O) groups excluding carboxylic acids is 1. The van der Waals surface area contributed by atoms with E-state index in [1.165, 1.54) is 5.56 Å². The van der Waals surface area contributed by atoms with Crippen LogP contribution in [0.15, 0.2) is 23.1 Å². The van der Waals surface area contributed by atoms with Gasteiger partial charge in [0.15, 0.2) is 0 Å². The predicted octanol–water partition coefficient (Wildman–Crippen LogP) is 1.41. The summed E-state index contributed by atoms with van der Waals surface area (Å²) >= 11 is 0. The van der Waals surface area contributed by atoms with Gasteiger partial charge in [-0.3, -0.25) is 4.79 Å². The van der Waals surface area contributed by atoms with Crippen LogP contribution in [0, 0.1) is 0 Å². The molecule has 1 aliphatic rings. The summed E-state index contributed by atoms with van der Waals surface area (Å²) in [7, 11) is -3.55. The van der Waals surface area contributed by atoms with Crippen molar-refractivity contribution in [3.05, 3.63) is 29.3 Å². The molecule has 0 spiro atoms. The van der Waals surface area contributed by atoms with Crippen molar-refractivity contribution in [1.82, 2.24) is 4.72 Å². The summed E-state index contributed by atoms with van der Waals surface area (Å²) in [5.41, 5.74) is 2.34. The van der Waals surface area contributed by atoms with Gasteiger partial charge in [-0.1, -0.05) is 6.07 Å². The number of benzene rings is 1. The fourth-order valence-electron chi connectivity index (χ4n) is 2.32. The topological polar surface area (TPSA) is 72.5 Å². The molecule has 0 amide bonds. The molecule has 2 rings (SSSR count). The van der Waals surface area contributed by atoms with Gasteiger partial charge in [0.25, 0.3) is 0 Å². The number of nitrogens with one attached hydrogen (secondary N) is 1. The zero-order valence-corrected chi connectivity index (χ0v) is 12.3. The van der Waals surface area contributed by atoms with Crippen LogP contribution in [-0.4, -0.2) is 27.5 Å². The van der Waals surface area contributed by atoms with E-state index in [4.69, 9.17) is 4.74 Å². The number of esters is 1. The lowest BCUT2D eigenvalue weighted by Gasteiger charge is -2.08. The number of hydrogen-bond donors (Lipinski definition) is 1. The van der Waals surface area contributed by atoms with E-state index in [2.05, 4.69) is 4.72 Å². The SMILES string of the molecule is CCOC(=O)CCNS(=O)(=O)c1ccc2c(c1)CCC2. The van der Waals surface area contributed by atoms with Gasteiger partial charge in [0.2, 0.25) is 10.0 Å². The van der Waals surface area contributed by atoms with E-state index in [9.17, 15) is 13.2 Å². The number of fused-ring (bicyclic) bond motifs is 1. The van der Waals surface area contributed by atoms with Crippen LogP contribution < -0.4 is 4.72 Å². The monoisotopic (exact) mass is 297 g/mol. The molecule has 0 radical (unpaired) electrons. The highest BCUT2D eigenvalue weighted by Gasteiger charge is 2.18. The van der Waals surface area contributed by atoms with E-state index >= 15 is 0 Å². The Morgan fingerprint density at radius 3 is 2.80 bits per heavy atom. The van der Waals surface area contributed by atoms with Crippen molar-refractivity contribution in [3.8, 4) is 0 Å². The summed E-state index contributed by atoms with van der Waals surface area (Å²) in [5, 5.41) is 0. The standard InChI is InChI=1S/C14H19NO4S/c1-2-19-14(16)8-9-15-20(17,18)13-7-6-11-4-3-5-12(11)10-13/h6-7,10,15H,2-5,8-9H2,1H3. The molecule has 1 aromatic rings.